The van der Waals surface area contributed by atoms with Crippen molar-refractivity contribution in [2.75, 3.05) is 0 Å². The number of aromatic nitrogens is 2. The predicted molar refractivity (Wildman–Crippen MR) is 80.9 cm³/mol. The minimum Gasteiger partial charge on any atom is -0.383 e. The topological polar surface area (TPSA) is 38.0 Å². The zero-order valence-electron chi connectivity index (χ0n) is 12.4. The Kier molecular flexibility index (Phi) is 4.12. The third kappa shape index (κ3) is 2.62. The molecule has 1 aromatic rings. The van der Waals surface area contributed by atoms with E-state index in [1.807, 2.05) is 10.9 Å². The minimum atomic E-state index is -0.762. The van der Waals surface area contributed by atoms with Gasteiger partial charge in [-0.25, -0.2) is 0 Å². The van der Waals surface area contributed by atoms with Crippen molar-refractivity contribution < 1.29 is 5.11 Å². The van der Waals surface area contributed by atoms with E-state index in [2.05, 4.69) is 48.7 Å². The third-order valence-corrected chi connectivity index (χ3v) is 5.01. The number of nitrogens with zero attached hydrogens (tertiary/aromatic N) is 2. The van der Waals surface area contributed by atoms with Crippen molar-refractivity contribution in [3.05, 3.63) is 16.4 Å². The molecule has 1 fully saturated rings. The molecule has 4 heteroatoms. The zero-order chi connectivity index (χ0) is 14.3. The van der Waals surface area contributed by atoms with E-state index in [0.717, 1.165) is 36.0 Å². The number of rotatable bonds is 2. The Hall–Kier alpha value is -0.350. The van der Waals surface area contributed by atoms with Gasteiger partial charge in [0.05, 0.1) is 16.4 Å². The van der Waals surface area contributed by atoms with Gasteiger partial charge in [-0.15, -0.1) is 0 Å². The Balaban J connectivity index is 2.51. The Morgan fingerprint density at radius 1 is 1.47 bits per heavy atom. The van der Waals surface area contributed by atoms with E-state index >= 15 is 0 Å². The highest BCUT2D eigenvalue weighted by Crippen LogP contribution is 2.51. The lowest BCUT2D eigenvalue weighted by Gasteiger charge is -2.47. The van der Waals surface area contributed by atoms with Crippen LogP contribution in [-0.4, -0.2) is 14.9 Å². The zero-order valence-corrected chi connectivity index (χ0v) is 14.0. The molecular formula is C15H25BrN2O. The Morgan fingerprint density at radius 2 is 2.16 bits per heavy atom. The summed E-state index contributed by atoms with van der Waals surface area (Å²) in [6.45, 7) is 9.55. The average molecular weight is 329 g/mol. The van der Waals surface area contributed by atoms with Gasteiger partial charge in [0.25, 0.3) is 0 Å². The lowest BCUT2D eigenvalue weighted by molar-refractivity contribution is -0.102. The lowest BCUT2D eigenvalue weighted by atomic mass is 9.62. The molecule has 0 radical (unpaired) electrons. The molecule has 0 bridgehead atoms. The second kappa shape index (κ2) is 5.21. The summed E-state index contributed by atoms with van der Waals surface area (Å²) in [6.07, 6.45) is 6.03. The van der Waals surface area contributed by atoms with E-state index in [-0.39, 0.29) is 11.3 Å². The van der Waals surface area contributed by atoms with Crippen LogP contribution < -0.4 is 0 Å². The van der Waals surface area contributed by atoms with Crippen LogP contribution in [0.2, 0.25) is 0 Å². The summed E-state index contributed by atoms with van der Waals surface area (Å²) in [5.41, 5.74) is 0.300. The minimum absolute atomic E-state index is 0.0947. The largest absolute Gasteiger partial charge is 0.383 e. The quantitative estimate of drug-likeness (QED) is 0.887. The third-order valence-electron chi connectivity index (χ3n) is 4.43. The number of halogens is 1. The molecule has 108 valence electrons. The standard InChI is InChI=1S/C15H25BrN2O/c1-5-18-13(11(16)10-17-18)15(19)9-7-6-8-12(15)14(2,3)4/h10,12,19H,5-9H2,1-4H3. The van der Waals surface area contributed by atoms with Gasteiger partial charge in [-0.05, 0) is 47.0 Å². The fourth-order valence-electron chi connectivity index (χ4n) is 3.62. The van der Waals surface area contributed by atoms with Crippen molar-refractivity contribution in [3.8, 4) is 0 Å². The SMILES string of the molecule is CCn1ncc(Br)c1C1(O)CCCCC1C(C)(C)C. The first-order valence-corrected chi connectivity index (χ1v) is 8.04. The van der Waals surface area contributed by atoms with Gasteiger partial charge >= 0.3 is 0 Å². The van der Waals surface area contributed by atoms with Crippen LogP contribution in [0.4, 0.5) is 0 Å². The van der Waals surface area contributed by atoms with E-state index in [1.54, 1.807) is 0 Å². The molecule has 2 atom stereocenters. The average Bonchev–Trinajstić information content (AvgIpc) is 2.70. The molecule has 2 rings (SSSR count). The molecule has 1 aromatic heterocycles. The van der Waals surface area contributed by atoms with Gasteiger partial charge in [0.15, 0.2) is 0 Å². The van der Waals surface area contributed by atoms with E-state index in [0.29, 0.717) is 0 Å². The maximum atomic E-state index is 11.4. The molecule has 0 aromatic carbocycles. The first-order valence-electron chi connectivity index (χ1n) is 7.25. The van der Waals surface area contributed by atoms with E-state index in [9.17, 15) is 5.11 Å². The second-order valence-corrected chi connectivity index (χ2v) is 7.60. The number of hydrogen-bond acceptors (Lipinski definition) is 2. The highest BCUT2D eigenvalue weighted by molar-refractivity contribution is 9.10. The molecule has 2 unspecified atom stereocenters. The first kappa shape index (κ1) is 15.0. The first-order chi connectivity index (χ1) is 8.80. The van der Waals surface area contributed by atoms with Crippen LogP contribution >= 0.6 is 15.9 Å². The summed E-state index contributed by atoms with van der Waals surface area (Å²) in [5, 5.41) is 15.8. The van der Waals surface area contributed by atoms with Crippen molar-refractivity contribution in [3.63, 3.8) is 0 Å². The van der Waals surface area contributed by atoms with Crippen molar-refractivity contribution in [1.29, 1.82) is 0 Å². The summed E-state index contributed by atoms with van der Waals surface area (Å²) in [4.78, 5) is 0. The maximum absolute atomic E-state index is 11.4. The molecule has 0 saturated heterocycles. The molecule has 0 amide bonds. The predicted octanol–water partition coefficient (Wildman–Crippen LogP) is 4.09. The second-order valence-electron chi connectivity index (χ2n) is 6.75. The summed E-state index contributed by atoms with van der Waals surface area (Å²) < 4.78 is 2.88. The monoisotopic (exact) mass is 328 g/mol. The summed E-state index contributed by atoms with van der Waals surface area (Å²) >= 11 is 3.58. The van der Waals surface area contributed by atoms with E-state index in [1.165, 1.54) is 6.42 Å². The Morgan fingerprint density at radius 3 is 2.74 bits per heavy atom. The molecule has 1 saturated carbocycles. The number of hydrogen-bond donors (Lipinski definition) is 1. The molecule has 1 heterocycles. The van der Waals surface area contributed by atoms with Crippen molar-refractivity contribution in [2.45, 2.75) is 65.5 Å². The maximum Gasteiger partial charge on any atom is 0.111 e. The summed E-state index contributed by atoms with van der Waals surface area (Å²) in [7, 11) is 0. The van der Waals surface area contributed by atoms with Gasteiger partial charge in [0.2, 0.25) is 0 Å². The number of aliphatic hydroxyl groups is 1. The molecule has 19 heavy (non-hydrogen) atoms. The van der Waals surface area contributed by atoms with Crippen LogP contribution in [0.15, 0.2) is 10.7 Å². The Bertz CT molecular complexity index is 449. The number of aryl methyl sites for hydroxylation is 1. The molecule has 1 aliphatic rings. The lowest BCUT2D eigenvalue weighted by Crippen LogP contribution is -2.46. The van der Waals surface area contributed by atoms with Gasteiger partial charge < -0.3 is 5.11 Å². The molecule has 1 N–H and O–H groups in total. The van der Waals surface area contributed by atoms with Crippen LogP contribution in [0.5, 0.6) is 0 Å². The van der Waals surface area contributed by atoms with Crippen LogP contribution in [-0.2, 0) is 12.1 Å². The van der Waals surface area contributed by atoms with Gasteiger partial charge in [-0.2, -0.15) is 5.10 Å². The van der Waals surface area contributed by atoms with Crippen molar-refractivity contribution >= 4 is 15.9 Å². The molecule has 3 nitrogen and oxygen atoms in total. The van der Waals surface area contributed by atoms with Crippen LogP contribution in [0.1, 0.15) is 59.1 Å². The fraction of sp³-hybridized carbons (Fsp3) is 0.800. The molecule has 0 aliphatic heterocycles. The normalized spacial score (nSPS) is 28.6. The Labute approximate surface area is 124 Å². The molecule has 1 aliphatic carbocycles. The van der Waals surface area contributed by atoms with Gasteiger partial charge in [-0.3, -0.25) is 4.68 Å². The summed E-state index contributed by atoms with van der Waals surface area (Å²) in [6, 6.07) is 0. The van der Waals surface area contributed by atoms with Crippen LogP contribution in [0.25, 0.3) is 0 Å². The van der Waals surface area contributed by atoms with Crippen molar-refractivity contribution in [1.82, 2.24) is 9.78 Å². The van der Waals surface area contributed by atoms with E-state index in [4.69, 9.17) is 0 Å². The molecular weight excluding hydrogens is 304 g/mol. The van der Waals surface area contributed by atoms with Crippen LogP contribution in [0, 0.1) is 11.3 Å². The van der Waals surface area contributed by atoms with E-state index < -0.39 is 5.60 Å². The fourth-order valence-corrected chi connectivity index (χ4v) is 4.26. The summed E-state index contributed by atoms with van der Waals surface area (Å²) in [5.74, 6) is 0.270. The van der Waals surface area contributed by atoms with Gasteiger partial charge in [0, 0.05) is 6.54 Å². The van der Waals surface area contributed by atoms with Gasteiger partial charge in [-0.1, -0.05) is 33.6 Å². The van der Waals surface area contributed by atoms with Crippen molar-refractivity contribution in [2.24, 2.45) is 11.3 Å². The van der Waals surface area contributed by atoms with Crippen LogP contribution in [0.3, 0.4) is 0 Å². The van der Waals surface area contributed by atoms with Gasteiger partial charge in [0.1, 0.15) is 5.60 Å². The highest BCUT2D eigenvalue weighted by atomic mass is 79.9. The molecule has 0 spiro atoms. The highest BCUT2D eigenvalue weighted by Gasteiger charge is 2.48. The smallest absolute Gasteiger partial charge is 0.111 e.